The molecular weight excluding hydrogens is 365 g/mol. The summed E-state index contributed by atoms with van der Waals surface area (Å²) in [4.78, 5) is 4.57. The van der Waals surface area contributed by atoms with Crippen LogP contribution in [0.2, 0.25) is 0 Å². The Morgan fingerprint density at radius 2 is 2.05 bits per heavy atom. The van der Waals surface area contributed by atoms with Crippen LogP contribution >= 0.6 is 24.0 Å². The predicted octanol–water partition coefficient (Wildman–Crippen LogP) is 2.64. The van der Waals surface area contributed by atoms with Gasteiger partial charge in [0.2, 0.25) is 0 Å². The Kier molecular flexibility index (Phi) is 12.7. The lowest BCUT2D eigenvalue weighted by Gasteiger charge is -2.11. The minimum atomic E-state index is 0. The minimum Gasteiger partial charge on any atom is -0.357 e. The Balaban J connectivity index is 0.00000361. The van der Waals surface area contributed by atoms with E-state index in [-0.39, 0.29) is 24.0 Å². The Labute approximate surface area is 139 Å². The van der Waals surface area contributed by atoms with Crippen LogP contribution in [0.4, 0.5) is 0 Å². The first-order valence-electron chi connectivity index (χ1n) is 7.36. The quantitative estimate of drug-likeness (QED) is 0.294. The van der Waals surface area contributed by atoms with Crippen molar-refractivity contribution in [2.45, 2.75) is 46.1 Å². The number of unbranched alkanes of at least 4 members (excludes halogenated alkanes) is 3. The number of halogens is 1. The van der Waals surface area contributed by atoms with E-state index >= 15 is 0 Å². The summed E-state index contributed by atoms with van der Waals surface area (Å²) in [6, 6.07) is 1.94. The third kappa shape index (κ3) is 9.17. The first-order chi connectivity index (χ1) is 9.36. The van der Waals surface area contributed by atoms with Gasteiger partial charge in [-0.15, -0.1) is 24.0 Å². The molecule has 1 aromatic rings. The number of guanidine groups is 1. The Hall–Kier alpha value is -0.790. The van der Waals surface area contributed by atoms with Crippen LogP contribution in [0.5, 0.6) is 0 Å². The van der Waals surface area contributed by atoms with Crippen LogP contribution < -0.4 is 10.6 Å². The number of hydrogen-bond acceptors (Lipinski definition) is 2. The van der Waals surface area contributed by atoms with Gasteiger partial charge >= 0.3 is 0 Å². The molecular formula is C14H28IN5. The zero-order valence-electron chi connectivity index (χ0n) is 12.6. The molecule has 0 aliphatic carbocycles. The average molecular weight is 393 g/mol. The van der Waals surface area contributed by atoms with E-state index in [9.17, 15) is 0 Å². The molecule has 2 N–H and O–H groups in total. The highest BCUT2D eigenvalue weighted by molar-refractivity contribution is 14.0. The van der Waals surface area contributed by atoms with Crippen LogP contribution in [0.3, 0.4) is 0 Å². The molecule has 0 aromatic carbocycles. The minimum absolute atomic E-state index is 0. The topological polar surface area (TPSA) is 54.2 Å². The van der Waals surface area contributed by atoms with E-state index in [4.69, 9.17) is 0 Å². The molecule has 0 spiro atoms. The molecule has 0 bridgehead atoms. The first kappa shape index (κ1) is 19.2. The third-order valence-electron chi connectivity index (χ3n) is 2.82. The van der Waals surface area contributed by atoms with Crippen molar-refractivity contribution in [1.82, 2.24) is 20.4 Å². The molecule has 0 atom stereocenters. The molecule has 0 radical (unpaired) electrons. The lowest BCUT2D eigenvalue weighted by Crippen LogP contribution is -2.39. The molecule has 6 heteroatoms. The monoisotopic (exact) mass is 393 g/mol. The van der Waals surface area contributed by atoms with Crippen molar-refractivity contribution < 1.29 is 0 Å². The predicted molar refractivity (Wildman–Crippen MR) is 95.8 cm³/mol. The standard InChI is InChI=1S/C14H27N5.HI/c1-3-5-6-7-9-16-14(15-4-2)17-11-13-19-12-8-10-18-19;/h8,10,12H,3-7,9,11,13H2,1-2H3,(H2,15,16,17);1H. The summed E-state index contributed by atoms with van der Waals surface area (Å²) >= 11 is 0. The Bertz CT molecular complexity index is 337. The second-order valence-electron chi connectivity index (χ2n) is 4.52. The van der Waals surface area contributed by atoms with E-state index < -0.39 is 0 Å². The largest absolute Gasteiger partial charge is 0.357 e. The summed E-state index contributed by atoms with van der Waals surface area (Å²) in [6.07, 6.45) is 8.78. The fourth-order valence-electron chi connectivity index (χ4n) is 1.79. The molecule has 1 rings (SSSR count). The summed E-state index contributed by atoms with van der Waals surface area (Å²) in [6.45, 7) is 7.79. The van der Waals surface area contributed by atoms with Crippen LogP contribution in [-0.4, -0.2) is 35.4 Å². The van der Waals surface area contributed by atoms with Gasteiger partial charge < -0.3 is 10.6 Å². The van der Waals surface area contributed by atoms with E-state index in [0.717, 1.165) is 32.1 Å². The van der Waals surface area contributed by atoms with Crippen molar-refractivity contribution in [3.63, 3.8) is 0 Å². The lowest BCUT2D eigenvalue weighted by atomic mass is 10.2. The van der Waals surface area contributed by atoms with E-state index in [1.807, 2.05) is 16.9 Å². The van der Waals surface area contributed by atoms with Crippen LogP contribution in [-0.2, 0) is 6.54 Å². The zero-order valence-corrected chi connectivity index (χ0v) is 15.0. The maximum atomic E-state index is 4.57. The summed E-state index contributed by atoms with van der Waals surface area (Å²) < 4.78 is 1.91. The van der Waals surface area contributed by atoms with Crippen molar-refractivity contribution in [3.05, 3.63) is 18.5 Å². The summed E-state index contributed by atoms with van der Waals surface area (Å²) in [5.41, 5.74) is 0. The number of nitrogens with zero attached hydrogens (tertiary/aromatic N) is 3. The second kappa shape index (κ2) is 13.2. The summed E-state index contributed by atoms with van der Waals surface area (Å²) in [7, 11) is 0. The molecule has 0 saturated carbocycles. The van der Waals surface area contributed by atoms with Gasteiger partial charge in [0, 0.05) is 32.0 Å². The van der Waals surface area contributed by atoms with Crippen LogP contribution in [0, 0.1) is 0 Å². The molecule has 1 heterocycles. The third-order valence-corrected chi connectivity index (χ3v) is 2.82. The number of rotatable bonds is 9. The maximum Gasteiger partial charge on any atom is 0.191 e. The van der Waals surface area contributed by atoms with Crippen LogP contribution in [0.1, 0.15) is 39.5 Å². The molecule has 0 aliphatic heterocycles. The number of aromatic nitrogens is 2. The van der Waals surface area contributed by atoms with E-state index in [1.54, 1.807) is 6.20 Å². The van der Waals surface area contributed by atoms with Gasteiger partial charge in [-0.3, -0.25) is 9.67 Å². The first-order valence-corrected chi connectivity index (χ1v) is 7.36. The lowest BCUT2D eigenvalue weighted by molar-refractivity contribution is 0.597. The van der Waals surface area contributed by atoms with Gasteiger partial charge in [-0.25, -0.2) is 0 Å². The van der Waals surface area contributed by atoms with Crippen molar-refractivity contribution in [2.24, 2.45) is 4.99 Å². The highest BCUT2D eigenvalue weighted by Crippen LogP contribution is 1.98. The van der Waals surface area contributed by atoms with Gasteiger partial charge in [0.1, 0.15) is 0 Å². The fourth-order valence-corrected chi connectivity index (χ4v) is 1.79. The molecule has 0 unspecified atom stereocenters. The highest BCUT2D eigenvalue weighted by Gasteiger charge is 1.96. The fraction of sp³-hybridized carbons (Fsp3) is 0.714. The van der Waals surface area contributed by atoms with Gasteiger partial charge in [0.05, 0.1) is 6.54 Å². The van der Waals surface area contributed by atoms with Gasteiger partial charge in [0.15, 0.2) is 5.96 Å². The second-order valence-corrected chi connectivity index (χ2v) is 4.52. The van der Waals surface area contributed by atoms with Gasteiger partial charge in [0.25, 0.3) is 0 Å². The smallest absolute Gasteiger partial charge is 0.191 e. The van der Waals surface area contributed by atoms with Crippen molar-refractivity contribution >= 4 is 29.9 Å². The molecule has 0 saturated heterocycles. The number of nitrogens with one attached hydrogen (secondary N) is 2. The average Bonchev–Trinajstić information content (AvgIpc) is 2.91. The molecule has 20 heavy (non-hydrogen) atoms. The van der Waals surface area contributed by atoms with Crippen molar-refractivity contribution in [1.29, 1.82) is 0 Å². The molecule has 1 aromatic heterocycles. The normalized spacial score (nSPS) is 11.0. The van der Waals surface area contributed by atoms with Gasteiger partial charge in [-0.1, -0.05) is 26.2 Å². The Morgan fingerprint density at radius 1 is 1.20 bits per heavy atom. The van der Waals surface area contributed by atoms with E-state index in [0.29, 0.717) is 0 Å². The molecule has 5 nitrogen and oxygen atoms in total. The van der Waals surface area contributed by atoms with Crippen LogP contribution in [0.25, 0.3) is 0 Å². The SMILES string of the molecule is CCCCCCN=C(NCC)NCCn1cccn1.I. The molecule has 0 fully saturated rings. The van der Waals surface area contributed by atoms with Gasteiger partial charge in [-0.2, -0.15) is 5.10 Å². The van der Waals surface area contributed by atoms with Gasteiger partial charge in [-0.05, 0) is 19.4 Å². The van der Waals surface area contributed by atoms with E-state index in [2.05, 4.69) is 34.6 Å². The van der Waals surface area contributed by atoms with Crippen molar-refractivity contribution in [3.8, 4) is 0 Å². The van der Waals surface area contributed by atoms with E-state index in [1.165, 1.54) is 25.7 Å². The Morgan fingerprint density at radius 3 is 2.70 bits per heavy atom. The maximum absolute atomic E-state index is 4.57. The number of hydrogen-bond donors (Lipinski definition) is 2. The molecule has 116 valence electrons. The van der Waals surface area contributed by atoms with Crippen molar-refractivity contribution in [2.75, 3.05) is 19.6 Å². The summed E-state index contributed by atoms with van der Waals surface area (Å²) in [5.74, 6) is 0.908. The molecule has 0 amide bonds. The highest BCUT2D eigenvalue weighted by atomic mass is 127. The number of aliphatic imine (C=N–C) groups is 1. The summed E-state index contributed by atoms with van der Waals surface area (Å²) in [5, 5.41) is 10.8. The van der Waals surface area contributed by atoms with Crippen LogP contribution in [0.15, 0.2) is 23.5 Å². The molecule has 0 aliphatic rings. The zero-order chi connectivity index (χ0) is 13.8.